The second-order valence-corrected chi connectivity index (χ2v) is 5.88. The smallest absolute Gasteiger partial charge is 0.162 e. The molecule has 3 heterocycles. The Bertz CT molecular complexity index is 853. The van der Waals surface area contributed by atoms with Crippen LogP contribution >= 0.6 is 0 Å². The summed E-state index contributed by atoms with van der Waals surface area (Å²) in [6.07, 6.45) is 7.75. The molecular formula is C18H17N5O. The van der Waals surface area contributed by atoms with Crippen molar-refractivity contribution in [2.45, 2.75) is 19.5 Å². The topological polar surface area (TPSA) is 75.0 Å². The van der Waals surface area contributed by atoms with E-state index >= 15 is 0 Å². The van der Waals surface area contributed by atoms with E-state index in [2.05, 4.69) is 19.9 Å². The summed E-state index contributed by atoms with van der Waals surface area (Å²) in [7, 11) is 0. The molecule has 6 heteroatoms. The van der Waals surface area contributed by atoms with Crippen LogP contribution in [0.4, 0.5) is 0 Å². The minimum Gasteiger partial charge on any atom is -0.508 e. The molecule has 2 aromatic heterocycles. The van der Waals surface area contributed by atoms with E-state index in [-0.39, 0.29) is 0 Å². The van der Waals surface area contributed by atoms with Crippen LogP contribution in [0.25, 0.3) is 11.4 Å². The van der Waals surface area contributed by atoms with Crippen molar-refractivity contribution in [1.82, 2.24) is 24.8 Å². The molecule has 1 aromatic carbocycles. The van der Waals surface area contributed by atoms with Crippen molar-refractivity contribution < 1.29 is 5.11 Å². The van der Waals surface area contributed by atoms with Crippen LogP contribution < -0.4 is 0 Å². The largest absolute Gasteiger partial charge is 0.508 e. The highest BCUT2D eigenvalue weighted by Gasteiger charge is 2.19. The molecule has 0 atom stereocenters. The second-order valence-electron chi connectivity index (χ2n) is 5.88. The molecular weight excluding hydrogens is 302 g/mol. The number of nitrogens with zero attached hydrogens (tertiary/aromatic N) is 5. The lowest BCUT2D eigenvalue weighted by Gasteiger charge is -2.28. The first-order valence-corrected chi connectivity index (χ1v) is 7.89. The van der Waals surface area contributed by atoms with Gasteiger partial charge in [-0.1, -0.05) is 18.2 Å². The number of hydrogen-bond donors (Lipinski definition) is 1. The molecule has 0 radical (unpaired) electrons. The molecule has 0 spiro atoms. The minimum absolute atomic E-state index is 0.341. The molecule has 4 rings (SSSR count). The van der Waals surface area contributed by atoms with Crippen molar-refractivity contribution in [2.24, 2.45) is 0 Å². The summed E-state index contributed by atoms with van der Waals surface area (Å²) in [5.41, 5.74) is 3.97. The Kier molecular flexibility index (Phi) is 3.88. The van der Waals surface area contributed by atoms with Crippen molar-refractivity contribution in [3.05, 3.63) is 66.0 Å². The lowest BCUT2D eigenvalue weighted by Crippen LogP contribution is -2.31. The predicted molar refractivity (Wildman–Crippen MR) is 89.0 cm³/mol. The summed E-state index contributed by atoms with van der Waals surface area (Å²) in [6.45, 7) is 2.38. The van der Waals surface area contributed by atoms with E-state index in [4.69, 9.17) is 4.98 Å². The van der Waals surface area contributed by atoms with Gasteiger partial charge in [0.15, 0.2) is 5.82 Å². The number of rotatable bonds is 3. The summed E-state index contributed by atoms with van der Waals surface area (Å²) < 4.78 is 0. The summed E-state index contributed by atoms with van der Waals surface area (Å²) >= 11 is 0. The zero-order valence-electron chi connectivity index (χ0n) is 13.1. The van der Waals surface area contributed by atoms with Gasteiger partial charge in [0.1, 0.15) is 12.1 Å². The average molecular weight is 319 g/mol. The molecule has 0 aliphatic carbocycles. The van der Waals surface area contributed by atoms with Gasteiger partial charge >= 0.3 is 0 Å². The molecule has 1 aliphatic heterocycles. The standard InChI is InChI=1S/C18H17N5O/c24-17-4-2-1-3-14(17)10-23-6-5-13-9-21-18(22-16(13)11-23)15-7-19-12-20-8-15/h1-4,7-9,12,24H,5-6,10-11H2. The van der Waals surface area contributed by atoms with E-state index in [1.165, 1.54) is 11.9 Å². The fourth-order valence-electron chi connectivity index (χ4n) is 2.93. The third-order valence-corrected chi connectivity index (χ3v) is 4.23. The number of para-hydroxylation sites is 1. The molecule has 0 unspecified atom stereocenters. The first kappa shape index (κ1) is 14.7. The summed E-state index contributed by atoms with van der Waals surface area (Å²) in [6, 6.07) is 7.47. The van der Waals surface area contributed by atoms with Crippen molar-refractivity contribution in [2.75, 3.05) is 6.54 Å². The zero-order chi connectivity index (χ0) is 16.4. The maximum Gasteiger partial charge on any atom is 0.162 e. The maximum atomic E-state index is 9.96. The van der Waals surface area contributed by atoms with Crippen LogP contribution in [0.1, 0.15) is 16.8 Å². The fraction of sp³-hybridized carbons (Fsp3) is 0.222. The highest BCUT2D eigenvalue weighted by molar-refractivity contribution is 5.52. The number of benzene rings is 1. The highest BCUT2D eigenvalue weighted by Crippen LogP contribution is 2.24. The van der Waals surface area contributed by atoms with E-state index in [0.29, 0.717) is 18.1 Å². The fourth-order valence-corrected chi connectivity index (χ4v) is 2.93. The van der Waals surface area contributed by atoms with E-state index in [1.807, 2.05) is 24.4 Å². The maximum absolute atomic E-state index is 9.96. The van der Waals surface area contributed by atoms with Crippen LogP contribution in [-0.2, 0) is 19.5 Å². The highest BCUT2D eigenvalue weighted by atomic mass is 16.3. The molecule has 0 bridgehead atoms. The van der Waals surface area contributed by atoms with E-state index in [9.17, 15) is 5.11 Å². The zero-order valence-corrected chi connectivity index (χ0v) is 13.1. The molecule has 1 aliphatic rings. The van der Waals surface area contributed by atoms with Gasteiger partial charge in [-0.05, 0) is 18.1 Å². The normalized spacial score (nSPS) is 14.3. The van der Waals surface area contributed by atoms with Gasteiger partial charge in [0, 0.05) is 43.8 Å². The Morgan fingerprint density at radius 3 is 2.75 bits per heavy atom. The first-order chi connectivity index (χ1) is 11.8. The third kappa shape index (κ3) is 2.96. The van der Waals surface area contributed by atoms with Crippen LogP contribution in [0.5, 0.6) is 5.75 Å². The van der Waals surface area contributed by atoms with Gasteiger partial charge in [0.2, 0.25) is 0 Å². The van der Waals surface area contributed by atoms with Crippen LogP contribution in [0.15, 0.2) is 49.2 Å². The van der Waals surface area contributed by atoms with Crippen molar-refractivity contribution in [3.63, 3.8) is 0 Å². The van der Waals surface area contributed by atoms with Crippen LogP contribution in [0, 0.1) is 0 Å². The molecule has 24 heavy (non-hydrogen) atoms. The number of aromatic nitrogens is 4. The molecule has 6 nitrogen and oxygen atoms in total. The van der Waals surface area contributed by atoms with Crippen LogP contribution in [0.3, 0.4) is 0 Å². The molecule has 0 saturated carbocycles. The quantitative estimate of drug-likeness (QED) is 0.797. The molecule has 0 saturated heterocycles. The number of phenolic OH excluding ortho intramolecular Hbond substituents is 1. The Hall–Kier alpha value is -2.86. The van der Waals surface area contributed by atoms with Crippen molar-refractivity contribution in [1.29, 1.82) is 0 Å². The number of fused-ring (bicyclic) bond motifs is 1. The first-order valence-electron chi connectivity index (χ1n) is 7.89. The van der Waals surface area contributed by atoms with Crippen molar-refractivity contribution >= 4 is 0 Å². The van der Waals surface area contributed by atoms with Gasteiger partial charge in [0.25, 0.3) is 0 Å². The Morgan fingerprint density at radius 2 is 1.92 bits per heavy atom. The van der Waals surface area contributed by atoms with Gasteiger partial charge in [-0.3, -0.25) is 4.90 Å². The van der Waals surface area contributed by atoms with Gasteiger partial charge in [-0.2, -0.15) is 0 Å². The predicted octanol–water partition coefficient (Wildman–Crippen LogP) is 2.20. The van der Waals surface area contributed by atoms with E-state index < -0.39 is 0 Å². The van der Waals surface area contributed by atoms with Gasteiger partial charge in [-0.15, -0.1) is 0 Å². The molecule has 0 fully saturated rings. The van der Waals surface area contributed by atoms with Gasteiger partial charge in [-0.25, -0.2) is 19.9 Å². The lowest BCUT2D eigenvalue weighted by atomic mass is 10.1. The minimum atomic E-state index is 0.341. The third-order valence-electron chi connectivity index (χ3n) is 4.23. The SMILES string of the molecule is Oc1ccccc1CN1CCc2cnc(-c3cncnc3)nc2C1. The molecule has 120 valence electrons. The Morgan fingerprint density at radius 1 is 1.08 bits per heavy atom. The average Bonchev–Trinajstić information content (AvgIpc) is 2.64. The number of hydrogen-bond acceptors (Lipinski definition) is 6. The summed E-state index contributed by atoms with van der Waals surface area (Å²) in [5, 5.41) is 9.96. The van der Waals surface area contributed by atoms with Crippen molar-refractivity contribution in [3.8, 4) is 17.1 Å². The summed E-state index contributed by atoms with van der Waals surface area (Å²) in [5.74, 6) is 0.992. The number of aromatic hydroxyl groups is 1. The van der Waals surface area contributed by atoms with Gasteiger partial charge in [0.05, 0.1) is 11.3 Å². The Labute approximate surface area is 139 Å². The Balaban J connectivity index is 1.57. The molecule has 1 N–H and O–H groups in total. The second kappa shape index (κ2) is 6.33. The van der Waals surface area contributed by atoms with E-state index in [0.717, 1.165) is 36.3 Å². The number of phenols is 1. The van der Waals surface area contributed by atoms with Gasteiger partial charge < -0.3 is 5.11 Å². The molecule has 0 amide bonds. The molecule has 3 aromatic rings. The van der Waals surface area contributed by atoms with Crippen LogP contribution in [0.2, 0.25) is 0 Å². The van der Waals surface area contributed by atoms with Crippen LogP contribution in [-0.4, -0.2) is 36.5 Å². The van der Waals surface area contributed by atoms with E-state index in [1.54, 1.807) is 18.5 Å². The lowest BCUT2D eigenvalue weighted by molar-refractivity contribution is 0.238. The summed E-state index contributed by atoms with van der Waals surface area (Å²) in [4.78, 5) is 19.5. The monoisotopic (exact) mass is 319 g/mol.